The quantitative estimate of drug-likeness (QED) is 0.231. The highest BCUT2D eigenvalue weighted by atomic mass is 15.1. The summed E-state index contributed by atoms with van der Waals surface area (Å²) in [4.78, 5) is 15.1. The molecule has 0 bridgehead atoms. The fourth-order valence-corrected chi connectivity index (χ4v) is 5.71. The van der Waals surface area contributed by atoms with Gasteiger partial charge in [0.15, 0.2) is 17.5 Å². The fraction of sp³-hybridized carbons (Fsp3) is 0. The van der Waals surface area contributed by atoms with Gasteiger partial charge in [0.05, 0.1) is 16.7 Å². The van der Waals surface area contributed by atoms with Crippen molar-refractivity contribution in [1.29, 1.82) is 0 Å². The van der Waals surface area contributed by atoms with Gasteiger partial charge < -0.3 is 4.57 Å². The first-order chi connectivity index (χ1) is 20.3. The summed E-state index contributed by atoms with van der Waals surface area (Å²) in [5.41, 5.74) is 6.17. The third kappa shape index (κ3) is 3.97. The molecule has 4 heteroatoms. The summed E-state index contributed by atoms with van der Waals surface area (Å²) < 4.78 is 2.32. The van der Waals surface area contributed by atoms with Crippen molar-refractivity contribution in [1.82, 2.24) is 19.5 Å². The summed E-state index contributed by atoms with van der Waals surface area (Å²) in [7, 11) is 0. The van der Waals surface area contributed by atoms with E-state index in [4.69, 9.17) is 15.0 Å². The molecule has 8 aromatic rings. The lowest BCUT2D eigenvalue weighted by atomic mass is 10.1. The van der Waals surface area contributed by atoms with Crippen molar-refractivity contribution in [2.24, 2.45) is 0 Å². The summed E-state index contributed by atoms with van der Waals surface area (Å²) in [6, 6.07) is 50.3. The van der Waals surface area contributed by atoms with E-state index in [9.17, 15) is 0 Å². The van der Waals surface area contributed by atoms with Crippen molar-refractivity contribution >= 4 is 32.6 Å². The topological polar surface area (TPSA) is 43.6 Å². The summed E-state index contributed by atoms with van der Waals surface area (Å²) in [6.07, 6.45) is 0. The summed E-state index contributed by atoms with van der Waals surface area (Å²) in [5.74, 6) is 1.94. The predicted molar refractivity (Wildman–Crippen MR) is 168 cm³/mol. The highest BCUT2D eigenvalue weighted by Crippen LogP contribution is 2.36. The summed E-state index contributed by atoms with van der Waals surface area (Å²) in [6.45, 7) is 0. The maximum Gasteiger partial charge on any atom is 0.166 e. The molecule has 4 nitrogen and oxygen atoms in total. The fourth-order valence-electron chi connectivity index (χ4n) is 5.71. The van der Waals surface area contributed by atoms with Crippen LogP contribution in [0.5, 0.6) is 0 Å². The molecule has 0 amide bonds. The molecule has 192 valence electrons. The van der Waals surface area contributed by atoms with Crippen molar-refractivity contribution in [3.8, 4) is 39.9 Å². The number of hydrogen-bond donors (Lipinski definition) is 0. The molecule has 0 atom stereocenters. The van der Waals surface area contributed by atoms with E-state index in [2.05, 4.69) is 114 Å². The summed E-state index contributed by atoms with van der Waals surface area (Å²) in [5, 5.41) is 4.77. The first-order valence-corrected chi connectivity index (χ1v) is 13.7. The molecule has 0 aliphatic heterocycles. The highest BCUT2D eigenvalue weighted by molar-refractivity contribution is 6.09. The maximum atomic E-state index is 5.10. The van der Waals surface area contributed by atoms with Crippen LogP contribution in [-0.4, -0.2) is 19.5 Å². The Hall–Kier alpha value is -5.61. The molecule has 0 unspecified atom stereocenters. The minimum Gasteiger partial charge on any atom is -0.309 e. The van der Waals surface area contributed by atoms with Gasteiger partial charge in [0.25, 0.3) is 0 Å². The van der Waals surface area contributed by atoms with Crippen molar-refractivity contribution in [3.63, 3.8) is 0 Å². The number of nitrogens with zero attached hydrogens (tertiary/aromatic N) is 4. The maximum absolute atomic E-state index is 5.10. The molecule has 0 N–H and O–H groups in total. The van der Waals surface area contributed by atoms with Crippen LogP contribution in [0.15, 0.2) is 146 Å². The van der Waals surface area contributed by atoms with Crippen molar-refractivity contribution < 1.29 is 0 Å². The Morgan fingerprint density at radius 3 is 1.71 bits per heavy atom. The van der Waals surface area contributed by atoms with E-state index in [0.717, 1.165) is 38.8 Å². The van der Waals surface area contributed by atoms with Crippen molar-refractivity contribution in [2.75, 3.05) is 0 Å². The van der Waals surface area contributed by atoms with E-state index < -0.39 is 0 Å². The van der Waals surface area contributed by atoms with Crippen molar-refractivity contribution in [2.45, 2.75) is 0 Å². The van der Waals surface area contributed by atoms with E-state index in [1.54, 1.807) is 0 Å². The van der Waals surface area contributed by atoms with Crippen LogP contribution < -0.4 is 0 Å². The van der Waals surface area contributed by atoms with E-state index in [1.807, 2.05) is 36.4 Å². The number of hydrogen-bond acceptors (Lipinski definition) is 3. The zero-order valence-electron chi connectivity index (χ0n) is 22.1. The minimum absolute atomic E-state index is 0.638. The van der Waals surface area contributed by atoms with E-state index in [1.165, 1.54) is 16.2 Å². The van der Waals surface area contributed by atoms with Gasteiger partial charge in [0.2, 0.25) is 0 Å². The number of fused-ring (bicyclic) bond motifs is 4. The standard InChI is InChI=1S/C37H24N4/c1-2-13-26(14-3-1)35-38-36(28-23-22-25-12-4-5-15-27(25)24-28)40-37(39-35)31-18-8-11-21-34(31)41-32-19-9-6-16-29(32)30-17-7-10-20-33(30)41/h1-24H. The Labute approximate surface area is 237 Å². The Bertz CT molecular complexity index is 2160. The van der Waals surface area contributed by atoms with Gasteiger partial charge in [0, 0.05) is 27.5 Å². The number of benzene rings is 6. The zero-order valence-corrected chi connectivity index (χ0v) is 22.1. The van der Waals surface area contributed by atoms with Gasteiger partial charge in [-0.1, -0.05) is 115 Å². The largest absolute Gasteiger partial charge is 0.309 e. The van der Waals surface area contributed by atoms with Crippen LogP contribution in [0, 0.1) is 0 Å². The third-order valence-corrected chi connectivity index (χ3v) is 7.64. The molecule has 0 radical (unpaired) electrons. The first kappa shape index (κ1) is 23.3. The normalized spacial score (nSPS) is 11.4. The van der Waals surface area contributed by atoms with E-state index in [0.29, 0.717) is 17.5 Å². The average Bonchev–Trinajstić information content (AvgIpc) is 3.39. The molecule has 0 spiro atoms. The summed E-state index contributed by atoms with van der Waals surface area (Å²) >= 11 is 0. The molecule has 2 heterocycles. The lowest BCUT2D eigenvalue weighted by Gasteiger charge is -2.14. The predicted octanol–water partition coefficient (Wildman–Crippen LogP) is 9.12. The number of aromatic nitrogens is 4. The molecule has 8 rings (SSSR count). The van der Waals surface area contributed by atoms with Crippen LogP contribution in [-0.2, 0) is 0 Å². The molecular weight excluding hydrogens is 500 g/mol. The monoisotopic (exact) mass is 524 g/mol. The molecular formula is C37H24N4. The molecule has 0 saturated heterocycles. The second kappa shape index (κ2) is 9.54. The van der Waals surface area contributed by atoms with Gasteiger partial charge in [-0.05, 0) is 41.1 Å². The number of para-hydroxylation sites is 3. The average molecular weight is 525 g/mol. The molecule has 0 aliphatic rings. The smallest absolute Gasteiger partial charge is 0.166 e. The molecule has 41 heavy (non-hydrogen) atoms. The minimum atomic E-state index is 0.638. The van der Waals surface area contributed by atoms with Gasteiger partial charge in [-0.15, -0.1) is 0 Å². The van der Waals surface area contributed by atoms with Gasteiger partial charge in [-0.25, -0.2) is 15.0 Å². The van der Waals surface area contributed by atoms with Crippen LogP contribution in [0.2, 0.25) is 0 Å². The van der Waals surface area contributed by atoms with Crippen LogP contribution in [0.4, 0.5) is 0 Å². The first-order valence-electron chi connectivity index (χ1n) is 13.7. The SMILES string of the molecule is c1ccc(-c2nc(-c3ccc4ccccc4c3)nc(-c3ccccc3-n3c4ccccc4c4ccccc43)n2)cc1. The highest BCUT2D eigenvalue weighted by Gasteiger charge is 2.18. The lowest BCUT2D eigenvalue weighted by Crippen LogP contribution is -2.03. The van der Waals surface area contributed by atoms with Crippen LogP contribution in [0.25, 0.3) is 72.4 Å². The number of rotatable bonds is 4. The van der Waals surface area contributed by atoms with Crippen molar-refractivity contribution in [3.05, 3.63) is 146 Å². The van der Waals surface area contributed by atoms with Gasteiger partial charge in [-0.3, -0.25) is 0 Å². The second-order valence-electron chi connectivity index (χ2n) is 10.1. The molecule has 0 fully saturated rings. The van der Waals surface area contributed by atoms with Crippen LogP contribution in [0.3, 0.4) is 0 Å². The second-order valence-corrected chi connectivity index (χ2v) is 10.1. The molecule has 2 aromatic heterocycles. The Balaban J connectivity index is 1.40. The molecule has 0 aliphatic carbocycles. The van der Waals surface area contributed by atoms with E-state index in [-0.39, 0.29) is 0 Å². The Morgan fingerprint density at radius 1 is 0.390 bits per heavy atom. The zero-order chi connectivity index (χ0) is 27.2. The van der Waals surface area contributed by atoms with Crippen LogP contribution in [0.1, 0.15) is 0 Å². The molecule has 0 saturated carbocycles. The Kier molecular flexibility index (Phi) is 5.42. The molecule has 6 aromatic carbocycles. The Morgan fingerprint density at radius 2 is 0.951 bits per heavy atom. The van der Waals surface area contributed by atoms with Crippen LogP contribution >= 0.6 is 0 Å². The van der Waals surface area contributed by atoms with Gasteiger partial charge in [0.1, 0.15) is 0 Å². The van der Waals surface area contributed by atoms with Gasteiger partial charge >= 0.3 is 0 Å². The third-order valence-electron chi connectivity index (χ3n) is 7.64. The van der Waals surface area contributed by atoms with E-state index >= 15 is 0 Å². The van der Waals surface area contributed by atoms with Gasteiger partial charge in [-0.2, -0.15) is 0 Å². The lowest BCUT2D eigenvalue weighted by molar-refractivity contribution is 1.06.